The van der Waals surface area contributed by atoms with Crippen LogP contribution in [0, 0.1) is 5.92 Å². The Bertz CT molecular complexity index is 2210. The van der Waals surface area contributed by atoms with Crippen LogP contribution < -0.4 is 20.7 Å². The lowest BCUT2D eigenvalue weighted by atomic mass is 9.94. The van der Waals surface area contributed by atoms with Crippen LogP contribution in [0.15, 0.2) is 79.1 Å². The molecular weight excluding hydrogens is 683 g/mol. The summed E-state index contributed by atoms with van der Waals surface area (Å²) >= 11 is 0. The van der Waals surface area contributed by atoms with Gasteiger partial charge in [-0.15, -0.1) is 0 Å². The highest BCUT2D eigenvalue weighted by molar-refractivity contribution is 6.05. The molecule has 3 amide bonds. The van der Waals surface area contributed by atoms with Gasteiger partial charge in [0, 0.05) is 62.5 Å². The van der Waals surface area contributed by atoms with E-state index in [4.69, 9.17) is 15.6 Å². The van der Waals surface area contributed by atoms with Gasteiger partial charge in [0.25, 0.3) is 5.91 Å². The van der Waals surface area contributed by atoms with Crippen molar-refractivity contribution in [3.8, 4) is 22.8 Å². The standard InChI is InChI=1S/C41H43N9O4/c42-38-36-37(27-6-9-32(10-7-27)54-31-4-2-1-3-5-31)46-50(39(36)44-25-43-38)29-16-18-47(19-17-29)23-26-14-20-48(21-15-26)30-8-11-33-28(22-30)24-49(41(33)53)34-12-13-35(51)45-40(34)52/h1-11,22,25-26,29,34H,12-21,23-24H2,(H2,42,43,44)(H,45,51,52). The summed E-state index contributed by atoms with van der Waals surface area (Å²) in [5.74, 6) is 1.79. The van der Waals surface area contributed by atoms with Gasteiger partial charge in [-0.1, -0.05) is 18.2 Å². The fourth-order valence-electron chi connectivity index (χ4n) is 8.60. The molecule has 54 heavy (non-hydrogen) atoms. The number of carbonyl (C=O) groups excluding carboxylic acids is 3. The fourth-order valence-corrected chi connectivity index (χ4v) is 8.60. The van der Waals surface area contributed by atoms with Crippen LogP contribution in [-0.2, 0) is 16.1 Å². The minimum atomic E-state index is -0.597. The molecule has 4 aliphatic heterocycles. The number of aromatic nitrogens is 4. The molecule has 0 radical (unpaired) electrons. The maximum Gasteiger partial charge on any atom is 0.255 e. The van der Waals surface area contributed by atoms with Crippen LogP contribution in [0.5, 0.6) is 11.5 Å². The minimum Gasteiger partial charge on any atom is -0.457 e. The van der Waals surface area contributed by atoms with Crippen molar-refractivity contribution in [1.82, 2.24) is 34.9 Å². The Labute approximate surface area is 313 Å². The SMILES string of the molecule is Nc1ncnc2c1c(-c1ccc(Oc3ccccc3)cc1)nn2C1CCN(CC2CCN(c3ccc4c(c3)CN(C3CCC(=O)NC3=O)C4=O)CC2)CC1. The van der Waals surface area contributed by atoms with E-state index in [0.717, 1.165) is 103 Å². The number of benzene rings is 3. The monoisotopic (exact) mass is 725 g/mol. The summed E-state index contributed by atoms with van der Waals surface area (Å²) in [5.41, 5.74) is 11.7. The van der Waals surface area contributed by atoms with Crippen molar-refractivity contribution in [2.45, 2.75) is 57.2 Å². The largest absolute Gasteiger partial charge is 0.457 e. The van der Waals surface area contributed by atoms with E-state index >= 15 is 0 Å². The Morgan fingerprint density at radius 3 is 2.35 bits per heavy atom. The molecule has 1 atom stereocenters. The lowest BCUT2D eigenvalue weighted by Gasteiger charge is -2.38. The van der Waals surface area contributed by atoms with Crippen LogP contribution >= 0.6 is 0 Å². The number of hydrogen-bond donors (Lipinski definition) is 2. The topological polar surface area (TPSA) is 152 Å². The number of imide groups is 1. The first-order valence-corrected chi connectivity index (χ1v) is 18.9. The predicted molar refractivity (Wildman–Crippen MR) is 204 cm³/mol. The number of nitrogens with one attached hydrogen (secondary N) is 1. The van der Waals surface area contributed by atoms with E-state index in [2.05, 4.69) is 35.8 Å². The van der Waals surface area contributed by atoms with Gasteiger partial charge in [0.1, 0.15) is 35.4 Å². The Hall–Kier alpha value is -5.82. The average molecular weight is 726 g/mol. The molecule has 3 N–H and O–H groups in total. The number of piperidine rings is 3. The Balaban J connectivity index is 0.802. The predicted octanol–water partition coefficient (Wildman–Crippen LogP) is 5.18. The number of nitrogen functional groups attached to an aromatic ring is 1. The number of carbonyl (C=O) groups is 3. The number of rotatable bonds is 8. The van der Waals surface area contributed by atoms with E-state index in [9.17, 15) is 14.4 Å². The summed E-state index contributed by atoms with van der Waals surface area (Å²) in [4.78, 5) is 52.8. The molecule has 4 aliphatic rings. The Morgan fingerprint density at radius 2 is 1.59 bits per heavy atom. The molecule has 0 saturated carbocycles. The second kappa shape index (κ2) is 14.2. The van der Waals surface area contributed by atoms with Crippen molar-refractivity contribution in [3.05, 3.63) is 90.3 Å². The molecule has 0 aliphatic carbocycles. The number of anilines is 2. The number of amides is 3. The summed E-state index contributed by atoms with van der Waals surface area (Å²) in [6, 6.07) is 23.3. The first kappa shape index (κ1) is 34.0. The van der Waals surface area contributed by atoms with Gasteiger partial charge in [-0.25, -0.2) is 14.6 Å². The normalized spacial score (nSPS) is 20.1. The number of likely N-dealkylation sites (tertiary alicyclic amines) is 1. The zero-order valence-electron chi connectivity index (χ0n) is 30.1. The number of fused-ring (bicyclic) bond motifs is 2. The minimum absolute atomic E-state index is 0.132. The Kier molecular flexibility index (Phi) is 8.93. The Morgan fingerprint density at radius 1 is 0.833 bits per heavy atom. The molecule has 5 aromatic rings. The second-order valence-corrected chi connectivity index (χ2v) is 14.9. The number of para-hydroxylation sites is 1. The number of nitrogens with zero attached hydrogens (tertiary/aromatic N) is 7. The van der Waals surface area contributed by atoms with Crippen molar-refractivity contribution in [1.29, 1.82) is 0 Å². The molecule has 3 aromatic carbocycles. The molecule has 276 valence electrons. The highest BCUT2D eigenvalue weighted by Crippen LogP contribution is 2.36. The van der Waals surface area contributed by atoms with Gasteiger partial charge in [-0.2, -0.15) is 5.10 Å². The van der Waals surface area contributed by atoms with E-state index in [1.54, 1.807) is 4.90 Å². The summed E-state index contributed by atoms with van der Waals surface area (Å²) in [6.45, 7) is 5.40. The van der Waals surface area contributed by atoms with Crippen LogP contribution in [0.1, 0.15) is 60.5 Å². The van der Waals surface area contributed by atoms with Crippen LogP contribution in [0.4, 0.5) is 11.5 Å². The average Bonchev–Trinajstić information content (AvgIpc) is 3.74. The summed E-state index contributed by atoms with van der Waals surface area (Å²) in [5, 5.41) is 8.28. The third-order valence-electron chi connectivity index (χ3n) is 11.5. The molecule has 3 saturated heterocycles. The lowest BCUT2D eigenvalue weighted by molar-refractivity contribution is -0.136. The van der Waals surface area contributed by atoms with Crippen molar-refractivity contribution >= 4 is 40.3 Å². The molecule has 1 unspecified atom stereocenters. The third-order valence-corrected chi connectivity index (χ3v) is 11.5. The van der Waals surface area contributed by atoms with Crippen molar-refractivity contribution in [2.24, 2.45) is 5.92 Å². The zero-order chi connectivity index (χ0) is 36.8. The number of nitrogens with two attached hydrogens (primary N) is 1. The fraction of sp³-hybridized carbons (Fsp3) is 0.366. The highest BCUT2D eigenvalue weighted by Gasteiger charge is 2.39. The first-order valence-electron chi connectivity index (χ1n) is 18.9. The van der Waals surface area contributed by atoms with E-state index in [1.165, 1.54) is 6.33 Å². The molecule has 2 aromatic heterocycles. The number of hydrogen-bond acceptors (Lipinski definition) is 10. The highest BCUT2D eigenvalue weighted by atomic mass is 16.5. The molecule has 0 spiro atoms. The molecule has 13 heteroatoms. The quantitative estimate of drug-likeness (QED) is 0.205. The molecule has 9 rings (SSSR count). The van der Waals surface area contributed by atoms with Crippen molar-refractivity contribution in [3.63, 3.8) is 0 Å². The summed E-state index contributed by atoms with van der Waals surface area (Å²) < 4.78 is 8.07. The van der Waals surface area contributed by atoms with E-state index in [0.29, 0.717) is 30.3 Å². The maximum absolute atomic E-state index is 13.2. The van der Waals surface area contributed by atoms with Gasteiger partial charge in [0.05, 0.1) is 11.4 Å². The van der Waals surface area contributed by atoms with Crippen LogP contribution in [0.2, 0.25) is 0 Å². The third kappa shape index (κ3) is 6.53. The van der Waals surface area contributed by atoms with Gasteiger partial charge in [-0.3, -0.25) is 19.7 Å². The maximum atomic E-state index is 13.2. The van der Waals surface area contributed by atoms with Crippen LogP contribution in [0.25, 0.3) is 22.3 Å². The second-order valence-electron chi connectivity index (χ2n) is 14.9. The number of ether oxygens (including phenoxy) is 1. The van der Waals surface area contributed by atoms with Crippen LogP contribution in [-0.4, -0.2) is 86.0 Å². The zero-order valence-corrected chi connectivity index (χ0v) is 30.1. The van der Waals surface area contributed by atoms with Crippen molar-refractivity contribution < 1.29 is 19.1 Å². The smallest absolute Gasteiger partial charge is 0.255 e. The molecule has 13 nitrogen and oxygen atoms in total. The molecule has 3 fully saturated rings. The first-order chi connectivity index (χ1) is 26.4. The van der Waals surface area contributed by atoms with Gasteiger partial charge < -0.3 is 25.2 Å². The van der Waals surface area contributed by atoms with E-state index in [1.807, 2.05) is 66.7 Å². The molecule has 0 bridgehead atoms. The van der Waals surface area contributed by atoms with Crippen molar-refractivity contribution in [2.75, 3.05) is 43.4 Å². The van der Waals surface area contributed by atoms with Crippen LogP contribution in [0.3, 0.4) is 0 Å². The lowest BCUT2D eigenvalue weighted by Crippen LogP contribution is -2.52. The molecule has 6 heterocycles. The van der Waals surface area contributed by atoms with E-state index in [-0.39, 0.29) is 30.2 Å². The summed E-state index contributed by atoms with van der Waals surface area (Å²) in [7, 11) is 0. The van der Waals surface area contributed by atoms with Gasteiger partial charge in [0.15, 0.2) is 5.65 Å². The van der Waals surface area contributed by atoms with Gasteiger partial charge in [-0.05, 0) is 98.2 Å². The molecular formula is C41H43N9O4. The summed E-state index contributed by atoms with van der Waals surface area (Å²) in [6.07, 6.45) is 6.32. The van der Waals surface area contributed by atoms with E-state index < -0.39 is 6.04 Å². The van der Waals surface area contributed by atoms with Gasteiger partial charge in [0.2, 0.25) is 11.8 Å². The van der Waals surface area contributed by atoms with Gasteiger partial charge >= 0.3 is 0 Å².